The minimum absolute atomic E-state index is 0.0510. The van der Waals surface area contributed by atoms with Crippen LogP contribution >= 0.6 is 22.7 Å². The number of carbonyl (C=O) groups excluding carboxylic acids is 2. The monoisotopic (exact) mass is 398 g/mol. The number of ketones is 1. The van der Waals surface area contributed by atoms with Crippen LogP contribution in [-0.4, -0.2) is 28.1 Å². The second-order valence-electron chi connectivity index (χ2n) is 7.02. The number of hydrogen-bond acceptors (Lipinski definition) is 5. The number of fused-ring (bicyclic) bond motifs is 1. The van der Waals surface area contributed by atoms with Crippen molar-refractivity contribution in [3.63, 3.8) is 0 Å². The second-order valence-corrected chi connectivity index (χ2v) is 9.54. The number of thiazole rings is 1. The van der Waals surface area contributed by atoms with Crippen LogP contribution < -0.4 is 0 Å². The van der Waals surface area contributed by atoms with E-state index in [2.05, 4.69) is 6.07 Å². The van der Waals surface area contributed by atoms with E-state index in [1.807, 2.05) is 43.0 Å². The van der Waals surface area contributed by atoms with E-state index >= 15 is 0 Å². The van der Waals surface area contributed by atoms with E-state index in [4.69, 9.17) is 4.98 Å². The van der Waals surface area contributed by atoms with Gasteiger partial charge in [0.15, 0.2) is 5.78 Å². The molecule has 2 aromatic heterocycles. The highest BCUT2D eigenvalue weighted by atomic mass is 32.1. The summed E-state index contributed by atoms with van der Waals surface area (Å²) >= 11 is 3.30. The minimum atomic E-state index is 0.0510. The second kappa shape index (κ2) is 7.52. The van der Waals surface area contributed by atoms with E-state index in [1.165, 1.54) is 0 Å². The van der Waals surface area contributed by atoms with Gasteiger partial charge in [-0.05, 0) is 44.9 Å². The Morgan fingerprint density at radius 1 is 1.19 bits per heavy atom. The van der Waals surface area contributed by atoms with E-state index in [-0.39, 0.29) is 30.6 Å². The molecule has 1 atom stereocenters. The zero-order chi connectivity index (χ0) is 19.0. The summed E-state index contributed by atoms with van der Waals surface area (Å²) in [5.74, 6) is 0.135. The highest BCUT2D eigenvalue weighted by Crippen LogP contribution is 2.37. The van der Waals surface area contributed by atoms with Gasteiger partial charge in [-0.15, -0.1) is 22.7 Å². The Morgan fingerprint density at radius 2 is 2.00 bits per heavy atom. The lowest BCUT2D eigenvalue weighted by atomic mass is 10.1. The predicted octanol–water partition coefficient (Wildman–Crippen LogP) is 5.30. The molecule has 3 heterocycles. The van der Waals surface area contributed by atoms with E-state index in [0.717, 1.165) is 49.9 Å². The fourth-order valence-corrected chi connectivity index (χ4v) is 5.82. The molecule has 6 heteroatoms. The number of rotatable bonds is 5. The van der Waals surface area contributed by atoms with Gasteiger partial charge >= 0.3 is 0 Å². The van der Waals surface area contributed by atoms with Crippen molar-refractivity contribution in [3.05, 3.63) is 50.7 Å². The maximum atomic E-state index is 12.8. The van der Waals surface area contributed by atoms with Gasteiger partial charge in [0.2, 0.25) is 5.91 Å². The van der Waals surface area contributed by atoms with Crippen LogP contribution in [0.5, 0.6) is 0 Å². The number of Topliss-reactive ketones (excluding diaryl/α,β-unsaturated/α-hetero) is 1. The topological polar surface area (TPSA) is 50.3 Å². The molecule has 0 aliphatic carbocycles. The Bertz CT molecular complexity index is 972. The molecule has 1 saturated heterocycles. The molecule has 0 spiro atoms. The molecule has 1 amide bonds. The smallest absolute Gasteiger partial charge is 0.223 e. The molecule has 3 aromatic rings. The molecule has 4 rings (SSSR count). The van der Waals surface area contributed by atoms with Crippen molar-refractivity contribution >= 4 is 44.6 Å². The van der Waals surface area contributed by atoms with Crippen LogP contribution in [0, 0.1) is 13.8 Å². The van der Waals surface area contributed by atoms with Crippen LogP contribution in [0.1, 0.15) is 56.8 Å². The van der Waals surface area contributed by atoms with Crippen molar-refractivity contribution in [2.24, 2.45) is 0 Å². The number of likely N-dealkylation sites (tertiary alicyclic amines) is 1. The average molecular weight is 399 g/mol. The lowest BCUT2D eigenvalue weighted by molar-refractivity contribution is -0.132. The number of benzene rings is 1. The summed E-state index contributed by atoms with van der Waals surface area (Å²) in [6.45, 7) is 4.73. The number of aryl methyl sites for hydroxylation is 2. The molecular formula is C21H22N2O2S2. The summed E-state index contributed by atoms with van der Waals surface area (Å²) in [6.07, 6.45) is 2.49. The third kappa shape index (κ3) is 3.69. The van der Waals surface area contributed by atoms with Gasteiger partial charge in [-0.2, -0.15) is 0 Å². The molecule has 0 N–H and O–H groups in total. The molecule has 27 heavy (non-hydrogen) atoms. The van der Waals surface area contributed by atoms with Crippen LogP contribution in [0.2, 0.25) is 0 Å². The van der Waals surface area contributed by atoms with Crippen molar-refractivity contribution in [3.8, 4) is 0 Å². The maximum Gasteiger partial charge on any atom is 0.223 e. The zero-order valence-electron chi connectivity index (χ0n) is 15.5. The Hall–Kier alpha value is -2.05. The normalized spacial score (nSPS) is 17.0. The number of thiophene rings is 1. The fraction of sp³-hybridized carbons (Fsp3) is 0.381. The number of hydrogen-bond donors (Lipinski definition) is 0. The standard InChI is InChI=1S/C21H22N2O2S2/c1-13-12-15(14(2)26-13)18(24)9-10-20(25)23-11-5-7-17(23)21-22-16-6-3-4-8-19(16)27-21/h3-4,6,8,12,17H,5,7,9-11H2,1-2H3/t17-/m0/s1. The number of nitrogens with zero attached hydrogens (tertiary/aromatic N) is 2. The van der Waals surface area contributed by atoms with E-state index in [0.29, 0.717) is 0 Å². The third-order valence-corrected chi connectivity index (χ3v) is 7.18. The van der Waals surface area contributed by atoms with Gasteiger partial charge in [0.25, 0.3) is 0 Å². The first-order valence-electron chi connectivity index (χ1n) is 9.28. The molecule has 0 radical (unpaired) electrons. The summed E-state index contributed by atoms with van der Waals surface area (Å²) < 4.78 is 1.16. The van der Waals surface area contributed by atoms with Gasteiger partial charge < -0.3 is 4.90 Å². The number of amides is 1. The van der Waals surface area contributed by atoms with Crippen molar-refractivity contribution in [2.45, 2.75) is 45.6 Å². The van der Waals surface area contributed by atoms with Gasteiger partial charge in [0, 0.05) is 34.7 Å². The summed E-state index contributed by atoms with van der Waals surface area (Å²) in [7, 11) is 0. The van der Waals surface area contributed by atoms with E-state index < -0.39 is 0 Å². The molecule has 1 aromatic carbocycles. The van der Waals surface area contributed by atoms with Gasteiger partial charge in [-0.25, -0.2) is 4.98 Å². The lowest BCUT2D eigenvalue weighted by Gasteiger charge is -2.23. The maximum absolute atomic E-state index is 12.8. The van der Waals surface area contributed by atoms with Crippen LogP contribution in [0.4, 0.5) is 0 Å². The van der Waals surface area contributed by atoms with Gasteiger partial charge in [-0.1, -0.05) is 12.1 Å². The quantitative estimate of drug-likeness (QED) is 0.548. The van der Waals surface area contributed by atoms with Crippen molar-refractivity contribution in [2.75, 3.05) is 6.54 Å². The van der Waals surface area contributed by atoms with Crippen LogP contribution in [0.15, 0.2) is 30.3 Å². The molecule has 1 aliphatic heterocycles. The summed E-state index contributed by atoms with van der Waals surface area (Å²) in [6, 6.07) is 10.1. The molecule has 140 valence electrons. The molecule has 4 nitrogen and oxygen atoms in total. The molecule has 1 fully saturated rings. The van der Waals surface area contributed by atoms with Gasteiger partial charge in [-0.3, -0.25) is 9.59 Å². The highest BCUT2D eigenvalue weighted by Gasteiger charge is 2.32. The predicted molar refractivity (Wildman–Crippen MR) is 111 cm³/mol. The third-order valence-electron chi connectivity index (χ3n) is 5.08. The van der Waals surface area contributed by atoms with E-state index in [9.17, 15) is 9.59 Å². The highest BCUT2D eigenvalue weighted by molar-refractivity contribution is 7.18. The van der Waals surface area contributed by atoms with Crippen LogP contribution in [0.3, 0.4) is 0 Å². The zero-order valence-corrected chi connectivity index (χ0v) is 17.2. The van der Waals surface area contributed by atoms with Crippen molar-refractivity contribution in [1.29, 1.82) is 0 Å². The molecule has 0 bridgehead atoms. The number of aromatic nitrogens is 1. The van der Waals surface area contributed by atoms with E-state index in [1.54, 1.807) is 22.7 Å². The van der Waals surface area contributed by atoms with Crippen LogP contribution in [-0.2, 0) is 4.79 Å². The van der Waals surface area contributed by atoms with Gasteiger partial charge in [0.05, 0.1) is 16.3 Å². The Morgan fingerprint density at radius 3 is 2.74 bits per heavy atom. The first-order chi connectivity index (χ1) is 13.0. The first kappa shape index (κ1) is 18.3. The Labute approximate surface area is 166 Å². The Balaban J connectivity index is 1.44. The summed E-state index contributed by atoms with van der Waals surface area (Å²) in [5, 5.41) is 1.01. The lowest BCUT2D eigenvalue weighted by Crippen LogP contribution is -2.30. The number of para-hydroxylation sites is 1. The first-order valence-corrected chi connectivity index (χ1v) is 10.9. The average Bonchev–Trinajstić information content (AvgIpc) is 3.36. The molecule has 0 unspecified atom stereocenters. The van der Waals surface area contributed by atoms with Crippen molar-refractivity contribution in [1.82, 2.24) is 9.88 Å². The summed E-state index contributed by atoms with van der Waals surface area (Å²) in [4.78, 5) is 34.2. The minimum Gasteiger partial charge on any atom is -0.333 e. The largest absolute Gasteiger partial charge is 0.333 e. The SMILES string of the molecule is Cc1cc(C(=O)CCC(=O)N2CCC[C@H]2c2nc3ccccc3s2)c(C)s1. The summed E-state index contributed by atoms with van der Waals surface area (Å²) in [5.41, 5.74) is 1.77. The molecule has 1 aliphatic rings. The number of carbonyl (C=O) groups is 2. The molecular weight excluding hydrogens is 376 g/mol. The van der Waals surface area contributed by atoms with Gasteiger partial charge in [0.1, 0.15) is 5.01 Å². The molecule has 0 saturated carbocycles. The fourth-order valence-electron chi connectivity index (χ4n) is 3.76. The van der Waals surface area contributed by atoms with Crippen molar-refractivity contribution < 1.29 is 9.59 Å². The van der Waals surface area contributed by atoms with Crippen LogP contribution in [0.25, 0.3) is 10.2 Å². The Kier molecular flexibility index (Phi) is 5.10.